The van der Waals surface area contributed by atoms with Crippen LogP contribution < -0.4 is 5.32 Å². The fraction of sp³-hybridized carbons (Fsp3) is 1.00. The number of hydrogen-bond acceptors (Lipinski definition) is 3. The Morgan fingerprint density at radius 3 is 2.86 bits per heavy atom. The molecule has 84 valence electrons. The molecule has 0 spiro atoms. The van der Waals surface area contributed by atoms with E-state index in [1.54, 1.807) is 6.92 Å². The van der Waals surface area contributed by atoms with Crippen molar-refractivity contribution in [3.05, 3.63) is 0 Å². The maximum absolute atomic E-state index is 10.2. The van der Waals surface area contributed by atoms with Gasteiger partial charge in [0.15, 0.2) is 0 Å². The lowest BCUT2D eigenvalue weighted by Gasteiger charge is -2.35. The molecule has 0 saturated heterocycles. The minimum Gasteiger partial charge on any atom is -0.392 e. The highest BCUT2D eigenvalue weighted by atomic mass is 16.3. The second kappa shape index (κ2) is 5.10. The van der Waals surface area contributed by atoms with Crippen molar-refractivity contribution in [2.45, 2.75) is 51.2 Å². The van der Waals surface area contributed by atoms with Gasteiger partial charge in [-0.2, -0.15) is 0 Å². The fourth-order valence-electron chi connectivity index (χ4n) is 2.31. The van der Waals surface area contributed by atoms with Crippen molar-refractivity contribution in [1.29, 1.82) is 0 Å². The molecule has 1 aliphatic rings. The van der Waals surface area contributed by atoms with E-state index < -0.39 is 5.60 Å². The van der Waals surface area contributed by atoms with E-state index >= 15 is 0 Å². The average molecular weight is 201 g/mol. The molecule has 14 heavy (non-hydrogen) atoms. The Balaban J connectivity index is 2.26. The number of aliphatic hydroxyl groups is 2. The summed E-state index contributed by atoms with van der Waals surface area (Å²) in [5.74, 6) is 0.627. The Morgan fingerprint density at radius 2 is 2.29 bits per heavy atom. The summed E-state index contributed by atoms with van der Waals surface area (Å²) in [5.41, 5.74) is -0.535. The monoisotopic (exact) mass is 201 g/mol. The number of nitrogens with one attached hydrogen (secondary N) is 1. The highest BCUT2D eigenvalue weighted by molar-refractivity contribution is 4.87. The van der Waals surface area contributed by atoms with Crippen molar-refractivity contribution >= 4 is 0 Å². The predicted molar refractivity (Wildman–Crippen MR) is 57.1 cm³/mol. The summed E-state index contributed by atoms with van der Waals surface area (Å²) in [6.07, 6.45) is 3.80. The van der Waals surface area contributed by atoms with Crippen LogP contribution in [0.1, 0.15) is 39.5 Å². The van der Waals surface area contributed by atoms with Gasteiger partial charge < -0.3 is 15.5 Å². The molecule has 0 aromatic rings. The molecule has 0 aliphatic heterocycles. The third-order valence-corrected chi connectivity index (χ3v) is 2.96. The zero-order chi connectivity index (χ0) is 10.6. The fourth-order valence-corrected chi connectivity index (χ4v) is 2.31. The smallest absolute Gasteiger partial charge is 0.0774 e. The molecular weight excluding hydrogens is 178 g/mol. The maximum atomic E-state index is 10.2. The summed E-state index contributed by atoms with van der Waals surface area (Å²) < 4.78 is 0. The van der Waals surface area contributed by atoms with Gasteiger partial charge in [-0.05, 0) is 25.7 Å². The van der Waals surface area contributed by atoms with Gasteiger partial charge in [-0.3, -0.25) is 0 Å². The Morgan fingerprint density at radius 1 is 1.57 bits per heavy atom. The van der Waals surface area contributed by atoms with Crippen LogP contribution in [-0.4, -0.2) is 35.0 Å². The standard InChI is InChI=1S/C11H23NO2/c1-9-4-3-5-11(14,6-9)8-12-7-10(2)13/h9-10,12-14H,3-8H2,1-2H3. The summed E-state index contributed by atoms with van der Waals surface area (Å²) in [7, 11) is 0. The molecule has 0 heterocycles. The largest absolute Gasteiger partial charge is 0.392 e. The topological polar surface area (TPSA) is 52.5 Å². The molecule has 3 N–H and O–H groups in total. The van der Waals surface area contributed by atoms with Crippen molar-refractivity contribution in [1.82, 2.24) is 5.32 Å². The number of aliphatic hydroxyl groups excluding tert-OH is 1. The zero-order valence-electron chi connectivity index (χ0n) is 9.29. The van der Waals surface area contributed by atoms with Crippen molar-refractivity contribution in [2.75, 3.05) is 13.1 Å². The highest BCUT2D eigenvalue weighted by Gasteiger charge is 2.31. The first kappa shape index (κ1) is 12.0. The van der Waals surface area contributed by atoms with E-state index in [4.69, 9.17) is 5.11 Å². The van der Waals surface area contributed by atoms with Crippen molar-refractivity contribution in [2.24, 2.45) is 5.92 Å². The Hall–Kier alpha value is -0.120. The second-order valence-electron chi connectivity index (χ2n) is 4.91. The van der Waals surface area contributed by atoms with Crippen molar-refractivity contribution in [3.8, 4) is 0 Å². The Bertz CT molecular complexity index is 173. The third-order valence-electron chi connectivity index (χ3n) is 2.96. The van der Waals surface area contributed by atoms with Crippen LogP contribution in [0, 0.1) is 5.92 Å². The molecule has 1 fully saturated rings. The first-order chi connectivity index (χ1) is 6.52. The SMILES string of the molecule is CC(O)CNCC1(O)CCCC(C)C1. The van der Waals surface area contributed by atoms with Crippen LogP contribution in [0.25, 0.3) is 0 Å². The van der Waals surface area contributed by atoms with Crippen LogP contribution in [0.15, 0.2) is 0 Å². The summed E-state index contributed by atoms with van der Waals surface area (Å²) in [4.78, 5) is 0. The van der Waals surface area contributed by atoms with Crippen LogP contribution in [0.5, 0.6) is 0 Å². The Kier molecular flexibility index (Phi) is 4.35. The molecule has 1 aliphatic carbocycles. The Labute approximate surface area is 86.5 Å². The van der Waals surface area contributed by atoms with E-state index in [1.165, 1.54) is 6.42 Å². The first-order valence-corrected chi connectivity index (χ1v) is 5.63. The molecular formula is C11H23NO2. The summed E-state index contributed by atoms with van der Waals surface area (Å²) in [5, 5.41) is 22.4. The first-order valence-electron chi connectivity index (χ1n) is 5.63. The summed E-state index contributed by atoms with van der Waals surface area (Å²) >= 11 is 0. The van der Waals surface area contributed by atoms with E-state index in [2.05, 4.69) is 12.2 Å². The summed E-state index contributed by atoms with van der Waals surface area (Å²) in [6.45, 7) is 5.12. The minimum atomic E-state index is -0.535. The molecule has 1 rings (SSSR count). The van der Waals surface area contributed by atoms with Gasteiger partial charge in [-0.1, -0.05) is 19.8 Å². The molecule has 3 atom stereocenters. The quantitative estimate of drug-likeness (QED) is 0.633. The molecule has 0 amide bonds. The summed E-state index contributed by atoms with van der Waals surface area (Å²) in [6, 6.07) is 0. The van der Waals surface area contributed by atoms with Gasteiger partial charge in [0.2, 0.25) is 0 Å². The second-order valence-corrected chi connectivity index (χ2v) is 4.91. The van der Waals surface area contributed by atoms with Gasteiger partial charge in [-0.25, -0.2) is 0 Å². The lowest BCUT2D eigenvalue weighted by molar-refractivity contribution is -0.0131. The van der Waals surface area contributed by atoms with E-state index in [9.17, 15) is 5.11 Å². The molecule has 0 aromatic heterocycles. The van der Waals surface area contributed by atoms with E-state index in [0.29, 0.717) is 19.0 Å². The maximum Gasteiger partial charge on any atom is 0.0774 e. The molecule has 1 saturated carbocycles. The molecule has 3 heteroatoms. The molecule has 0 radical (unpaired) electrons. The zero-order valence-corrected chi connectivity index (χ0v) is 9.29. The normalized spacial score (nSPS) is 35.6. The van der Waals surface area contributed by atoms with Crippen molar-refractivity contribution < 1.29 is 10.2 Å². The highest BCUT2D eigenvalue weighted by Crippen LogP contribution is 2.31. The van der Waals surface area contributed by atoms with Gasteiger partial charge >= 0.3 is 0 Å². The molecule has 3 unspecified atom stereocenters. The third kappa shape index (κ3) is 3.95. The minimum absolute atomic E-state index is 0.334. The van der Waals surface area contributed by atoms with Crippen LogP contribution >= 0.6 is 0 Å². The van der Waals surface area contributed by atoms with Gasteiger partial charge in [0, 0.05) is 13.1 Å². The van der Waals surface area contributed by atoms with Gasteiger partial charge in [0.25, 0.3) is 0 Å². The van der Waals surface area contributed by atoms with Gasteiger partial charge in [-0.15, -0.1) is 0 Å². The van der Waals surface area contributed by atoms with Crippen LogP contribution in [0.3, 0.4) is 0 Å². The van der Waals surface area contributed by atoms with Crippen LogP contribution in [0.4, 0.5) is 0 Å². The van der Waals surface area contributed by atoms with Crippen LogP contribution in [-0.2, 0) is 0 Å². The lowest BCUT2D eigenvalue weighted by atomic mass is 9.79. The number of rotatable bonds is 4. The molecule has 0 bridgehead atoms. The predicted octanol–water partition coefficient (Wildman–Crippen LogP) is 0.898. The van der Waals surface area contributed by atoms with Crippen LogP contribution in [0.2, 0.25) is 0 Å². The van der Waals surface area contributed by atoms with Crippen molar-refractivity contribution in [3.63, 3.8) is 0 Å². The molecule has 0 aromatic carbocycles. The lowest BCUT2D eigenvalue weighted by Crippen LogP contribution is -2.45. The van der Waals surface area contributed by atoms with Gasteiger partial charge in [0.1, 0.15) is 0 Å². The van der Waals surface area contributed by atoms with Gasteiger partial charge in [0.05, 0.1) is 11.7 Å². The van der Waals surface area contributed by atoms with E-state index in [-0.39, 0.29) is 6.10 Å². The van der Waals surface area contributed by atoms with E-state index in [1.807, 2.05) is 0 Å². The molecule has 3 nitrogen and oxygen atoms in total. The average Bonchev–Trinajstić information content (AvgIpc) is 2.01. The number of hydrogen-bond donors (Lipinski definition) is 3. The van der Waals surface area contributed by atoms with E-state index in [0.717, 1.165) is 19.3 Å².